The molecule has 0 unspecified atom stereocenters. The lowest BCUT2D eigenvalue weighted by Crippen LogP contribution is -2.31. The Morgan fingerprint density at radius 1 is 1.47 bits per heavy atom. The van der Waals surface area contributed by atoms with Gasteiger partial charge in [0.05, 0.1) is 12.5 Å². The van der Waals surface area contributed by atoms with E-state index in [1.165, 1.54) is 6.08 Å². The number of ether oxygens (including phenoxy) is 1. The average molecular weight is 284 g/mol. The lowest BCUT2D eigenvalue weighted by atomic mass is 10.0. The minimum Gasteiger partial charge on any atom is -0.481 e. The summed E-state index contributed by atoms with van der Waals surface area (Å²) in [6, 6.07) is 5.97. The Kier molecular flexibility index (Phi) is 5.89. The van der Waals surface area contributed by atoms with Crippen LogP contribution in [0.25, 0.3) is 0 Å². The zero-order valence-corrected chi connectivity index (χ0v) is 10.9. The molecule has 1 amide bonds. The van der Waals surface area contributed by atoms with Crippen LogP contribution in [-0.2, 0) is 9.53 Å². The maximum atomic E-state index is 11.5. The molecule has 0 bridgehead atoms. The lowest BCUT2D eigenvalue weighted by Gasteiger charge is -2.18. The van der Waals surface area contributed by atoms with Crippen LogP contribution in [-0.4, -0.2) is 23.8 Å². The van der Waals surface area contributed by atoms with E-state index < -0.39 is 18.1 Å². The van der Waals surface area contributed by atoms with Crippen molar-refractivity contribution in [3.8, 4) is 0 Å². The molecule has 102 valence electrons. The van der Waals surface area contributed by atoms with Crippen molar-refractivity contribution in [2.24, 2.45) is 0 Å². The minimum atomic E-state index is -1.05. The summed E-state index contributed by atoms with van der Waals surface area (Å²) in [5.41, 5.74) is 0.530. The second-order valence-corrected chi connectivity index (χ2v) is 4.11. The summed E-state index contributed by atoms with van der Waals surface area (Å²) in [5.74, 6) is -1.05. The summed E-state index contributed by atoms with van der Waals surface area (Å²) >= 11 is 5.99. The van der Waals surface area contributed by atoms with Crippen LogP contribution in [0.15, 0.2) is 36.9 Å². The highest BCUT2D eigenvalue weighted by molar-refractivity contribution is 6.31. The van der Waals surface area contributed by atoms with E-state index in [0.29, 0.717) is 10.6 Å². The van der Waals surface area contributed by atoms with Crippen molar-refractivity contribution in [3.63, 3.8) is 0 Å². The van der Waals surface area contributed by atoms with Crippen molar-refractivity contribution in [3.05, 3.63) is 47.5 Å². The predicted molar refractivity (Wildman–Crippen MR) is 71.1 cm³/mol. The maximum Gasteiger partial charge on any atom is 0.407 e. The van der Waals surface area contributed by atoms with E-state index in [1.54, 1.807) is 24.3 Å². The first-order valence-corrected chi connectivity index (χ1v) is 5.92. The third-order valence-corrected chi connectivity index (χ3v) is 2.63. The molecular formula is C13H14ClNO4. The van der Waals surface area contributed by atoms with Crippen LogP contribution in [0.5, 0.6) is 0 Å². The molecule has 0 heterocycles. The van der Waals surface area contributed by atoms with Crippen molar-refractivity contribution in [2.75, 3.05) is 6.61 Å². The summed E-state index contributed by atoms with van der Waals surface area (Å²) in [6.45, 7) is 3.46. The minimum absolute atomic E-state index is 0.0497. The van der Waals surface area contributed by atoms with E-state index in [9.17, 15) is 9.59 Å². The number of alkyl carbamates (subject to hydrolysis) is 1. The second kappa shape index (κ2) is 7.43. The SMILES string of the molecule is C=CCOC(=O)N[C@@H](CC(=O)O)c1ccccc1Cl. The zero-order chi connectivity index (χ0) is 14.3. The van der Waals surface area contributed by atoms with E-state index in [2.05, 4.69) is 11.9 Å². The van der Waals surface area contributed by atoms with Crippen LogP contribution in [0, 0.1) is 0 Å². The van der Waals surface area contributed by atoms with Crippen molar-refractivity contribution >= 4 is 23.7 Å². The molecular weight excluding hydrogens is 270 g/mol. The normalized spacial score (nSPS) is 11.4. The Labute approximate surface area is 115 Å². The fraction of sp³-hybridized carbons (Fsp3) is 0.231. The average Bonchev–Trinajstić information content (AvgIpc) is 2.35. The molecule has 1 atom stereocenters. The molecule has 2 N–H and O–H groups in total. The van der Waals surface area contributed by atoms with Crippen LogP contribution < -0.4 is 5.32 Å². The first-order chi connectivity index (χ1) is 9.04. The van der Waals surface area contributed by atoms with Gasteiger partial charge in [0.1, 0.15) is 6.61 Å². The molecule has 19 heavy (non-hydrogen) atoms. The van der Waals surface area contributed by atoms with Gasteiger partial charge in [0.2, 0.25) is 0 Å². The van der Waals surface area contributed by atoms with Gasteiger partial charge >= 0.3 is 12.1 Å². The van der Waals surface area contributed by atoms with Gasteiger partial charge in [-0.1, -0.05) is 42.5 Å². The number of rotatable bonds is 6. The number of carbonyl (C=O) groups is 2. The van der Waals surface area contributed by atoms with Gasteiger partial charge in [-0.15, -0.1) is 0 Å². The van der Waals surface area contributed by atoms with Crippen molar-refractivity contribution in [1.82, 2.24) is 5.32 Å². The number of amides is 1. The van der Waals surface area contributed by atoms with Crippen LogP contribution in [0.3, 0.4) is 0 Å². The van der Waals surface area contributed by atoms with Crippen LogP contribution in [0.1, 0.15) is 18.0 Å². The van der Waals surface area contributed by atoms with Gasteiger partial charge in [-0.05, 0) is 11.6 Å². The predicted octanol–water partition coefficient (Wildman–Crippen LogP) is 2.77. The van der Waals surface area contributed by atoms with Gasteiger partial charge in [0.25, 0.3) is 0 Å². The van der Waals surface area contributed by atoms with Gasteiger partial charge in [-0.3, -0.25) is 4.79 Å². The maximum absolute atomic E-state index is 11.5. The molecule has 0 aliphatic heterocycles. The first-order valence-electron chi connectivity index (χ1n) is 5.55. The van der Waals surface area contributed by atoms with Gasteiger partial charge in [-0.2, -0.15) is 0 Å². The fourth-order valence-corrected chi connectivity index (χ4v) is 1.76. The quantitative estimate of drug-likeness (QED) is 0.787. The van der Waals surface area contributed by atoms with Gasteiger partial charge < -0.3 is 15.2 Å². The van der Waals surface area contributed by atoms with Crippen molar-refractivity contribution in [1.29, 1.82) is 0 Å². The molecule has 0 aliphatic carbocycles. The number of benzene rings is 1. The Bertz CT molecular complexity index is 475. The molecule has 0 spiro atoms. The smallest absolute Gasteiger partial charge is 0.407 e. The molecule has 0 aromatic heterocycles. The second-order valence-electron chi connectivity index (χ2n) is 3.70. The number of aliphatic carboxylic acids is 1. The molecule has 5 nitrogen and oxygen atoms in total. The monoisotopic (exact) mass is 283 g/mol. The highest BCUT2D eigenvalue weighted by Gasteiger charge is 2.20. The molecule has 0 aliphatic rings. The Balaban J connectivity index is 2.83. The van der Waals surface area contributed by atoms with Crippen LogP contribution >= 0.6 is 11.6 Å². The third kappa shape index (κ3) is 5.01. The van der Waals surface area contributed by atoms with Crippen molar-refractivity contribution < 1.29 is 19.4 Å². The van der Waals surface area contributed by atoms with Gasteiger partial charge in [0, 0.05) is 5.02 Å². The summed E-state index contributed by atoms with van der Waals surface area (Å²) in [4.78, 5) is 22.3. The summed E-state index contributed by atoms with van der Waals surface area (Å²) in [5, 5.41) is 11.7. The molecule has 1 rings (SSSR count). The number of hydrogen-bond acceptors (Lipinski definition) is 3. The topological polar surface area (TPSA) is 75.6 Å². The van der Waals surface area contributed by atoms with E-state index in [4.69, 9.17) is 21.4 Å². The number of carboxylic acid groups (broad SMARTS) is 1. The van der Waals surface area contributed by atoms with Crippen LogP contribution in [0.2, 0.25) is 5.02 Å². The van der Waals surface area contributed by atoms with E-state index in [1.807, 2.05) is 0 Å². The molecule has 1 aromatic rings. The Morgan fingerprint density at radius 2 is 2.16 bits per heavy atom. The molecule has 0 saturated carbocycles. The molecule has 1 aromatic carbocycles. The van der Waals surface area contributed by atoms with E-state index >= 15 is 0 Å². The van der Waals surface area contributed by atoms with Crippen molar-refractivity contribution in [2.45, 2.75) is 12.5 Å². The number of nitrogens with one attached hydrogen (secondary N) is 1. The van der Waals surface area contributed by atoms with Gasteiger partial charge in [-0.25, -0.2) is 4.79 Å². The number of carboxylic acids is 1. The lowest BCUT2D eigenvalue weighted by molar-refractivity contribution is -0.137. The Hall–Kier alpha value is -2.01. The number of carbonyl (C=O) groups excluding carboxylic acids is 1. The highest BCUT2D eigenvalue weighted by atomic mass is 35.5. The summed E-state index contributed by atoms with van der Waals surface area (Å²) < 4.78 is 4.76. The van der Waals surface area contributed by atoms with E-state index in [-0.39, 0.29) is 13.0 Å². The summed E-state index contributed by atoms with van der Waals surface area (Å²) in [6.07, 6.45) is 0.417. The molecule has 6 heteroatoms. The van der Waals surface area contributed by atoms with Gasteiger partial charge in [0.15, 0.2) is 0 Å². The third-order valence-electron chi connectivity index (χ3n) is 2.28. The zero-order valence-electron chi connectivity index (χ0n) is 10.1. The number of halogens is 1. The van der Waals surface area contributed by atoms with Crippen LogP contribution in [0.4, 0.5) is 4.79 Å². The Morgan fingerprint density at radius 3 is 2.74 bits per heavy atom. The standard InChI is InChI=1S/C13H14ClNO4/c1-2-7-19-13(18)15-11(8-12(16)17)9-5-3-4-6-10(9)14/h2-6,11H,1,7-8H2,(H,15,18)(H,16,17)/t11-/m0/s1. The fourth-order valence-electron chi connectivity index (χ4n) is 1.49. The molecule has 0 fully saturated rings. The molecule has 0 radical (unpaired) electrons. The molecule has 0 saturated heterocycles. The highest BCUT2D eigenvalue weighted by Crippen LogP contribution is 2.25. The first kappa shape index (κ1) is 15.0. The summed E-state index contributed by atoms with van der Waals surface area (Å²) in [7, 11) is 0. The van der Waals surface area contributed by atoms with E-state index in [0.717, 1.165) is 0 Å². The number of hydrogen-bond donors (Lipinski definition) is 2. The largest absolute Gasteiger partial charge is 0.481 e.